The van der Waals surface area contributed by atoms with Gasteiger partial charge < -0.3 is 19.9 Å². The van der Waals surface area contributed by atoms with Crippen molar-refractivity contribution in [2.45, 2.75) is 45.2 Å². The predicted molar refractivity (Wildman–Crippen MR) is 96.2 cm³/mol. The number of hydrogen-bond donors (Lipinski definition) is 2. The molecule has 1 fully saturated rings. The summed E-state index contributed by atoms with van der Waals surface area (Å²) in [6.07, 6.45) is 5.33. The molecule has 1 saturated carbocycles. The Bertz CT molecular complexity index is 711. The van der Waals surface area contributed by atoms with Gasteiger partial charge in [0.15, 0.2) is 5.82 Å². The van der Waals surface area contributed by atoms with E-state index in [1.807, 2.05) is 40.7 Å². The van der Waals surface area contributed by atoms with Crippen LogP contribution in [-0.2, 0) is 6.54 Å². The Balaban J connectivity index is 1.77. The molecule has 0 atom stereocenters. The molecule has 0 aliphatic heterocycles. The SMILES string of the molecule is CCn1cnnc1-c1ccccc1NC(=O)N(CCCCO)C1CC1. The van der Waals surface area contributed by atoms with Gasteiger partial charge in [-0.2, -0.15) is 0 Å². The molecule has 1 heterocycles. The van der Waals surface area contributed by atoms with Crippen molar-refractivity contribution >= 4 is 11.7 Å². The minimum absolute atomic E-state index is 0.0875. The maximum absolute atomic E-state index is 12.8. The first kappa shape index (κ1) is 17.4. The number of aliphatic hydroxyl groups excluding tert-OH is 1. The summed E-state index contributed by atoms with van der Waals surface area (Å²) < 4.78 is 1.95. The third kappa shape index (κ3) is 4.17. The van der Waals surface area contributed by atoms with E-state index in [-0.39, 0.29) is 12.6 Å². The van der Waals surface area contributed by atoms with Crippen LogP contribution in [0.5, 0.6) is 0 Å². The molecule has 25 heavy (non-hydrogen) atoms. The lowest BCUT2D eigenvalue weighted by Gasteiger charge is -2.23. The number of para-hydroxylation sites is 1. The van der Waals surface area contributed by atoms with E-state index in [1.54, 1.807) is 6.33 Å². The quantitative estimate of drug-likeness (QED) is 0.722. The van der Waals surface area contributed by atoms with Gasteiger partial charge in [-0.15, -0.1) is 10.2 Å². The molecule has 0 unspecified atom stereocenters. The van der Waals surface area contributed by atoms with Crippen LogP contribution in [0.4, 0.5) is 10.5 Å². The molecular weight excluding hydrogens is 318 g/mol. The third-order valence-corrected chi connectivity index (χ3v) is 4.42. The highest BCUT2D eigenvalue weighted by atomic mass is 16.3. The first-order chi connectivity index (χ1) is 12.2. The highest BCUT2D eigenvalue weighted by molar-refractivity contribution is 5.94. The fraction of sp³-hybridized carbons (Fsp3) is 0.500. The molecule has 1 aliphatic rings. The molecule has 1 aromatic heterocycles. The second-order valence-electron chi connectivity index (χ2n) is 6.27. The summed E-state index contributed by atoms with van der Waals surface area (Å²) in [6.45, 7) is 3.63. The Labute approximate surface area is 147 Å². The molecule has 2 amide bonds. The number of aryl methyl sites for hydroxylation is 1. The maximum atomic E-state index is 12.8. The van der Waals surface area contributed by atoms with Crippen LogP contribution in [-0.4, -0.2) is 50.0 Å². The summed E-state index contributed by atoms with van der Waals surface area (Å²) in [6, 6.07) is 7.90. The van der Waals surface area contributed by atoms with E-state index >= 15 is 0 Å². The van der Waals surface area contributed by atoms with Gasteiger partial charge in [0.05, 0.1) is 5.69 Å². The Kier molecular flexibility index (Phi) is 5.65. The van der Waals surface area contributed by atoms with E-state index in [2.05, 4.69) is 15.5 Å². The van der Waals surface area contributed by atoms with E-state index in [1.165, 1.54) is 0 Å². The van der Waals surface area contributed by atoms with Crippen LogP contribution in [0.1, 0.15) is 32.6 Å². The van der Waals surface area contributed by atoms with Gasteiger partial charge in [-0.1, -0.05) is 12.1 Å². The van der Waals surface area contributed by atoms with Crippen LogP contribution >= 0.6 is 0 Å². The van der Waals surface area contributed by atoms with Crippen molar-refractivity contribution in [1.82, 2.24) is 19.7 Å². The Morgan fingerprint density at radius 3 is 2.88 bits per heavy atom. The lowest BCUT2D eigenvalue weighted by molar-refractivity contribution is 0.204. The first-order valence-corrected chi connectivity index (χ1v) is 8.90. The van der Waals surface area contributed by atoms with Crippen molar-refractivity contribution < 1.29 is 9.90 Å². The molecular formula is C18H25N5O2. The van der Waals surface area contributed by atoms with Crippen LogP contribution < -0.4 is 5.32 Å². The average molecular weight is 343 g/mol. The van der Waals surface area contributed by atoms with Crippen LogP contribution in [0.3, 0.4) is 0 Å². The first-order valence-electron chi connectivity index (χ1n) is 8.90. The van der Waals surface area contributed by atoms with Gasteiger partial charge in [0, 0.05) is 31.3 Å². The lowest BCUT2D eigenvalue weighted by atomic mass is 10.1. The molecule has 1 aromatic carbocycles. The minimum Gasteiger partial charge on any atom is -0.396 e. The zero-order chi connectivity index (χ0) is 17.6. The number of nitrogens with zero attached hydrogens (tertiary/aromatic N) is 4. The Hall–Kier alpha value is -2.41. The topological polar surface area (TPSA) is 83.3 Å². The summed E-state index contributed by atoms with van der Waals surface area (Å²) in [5.41, 5.74) is 1.60. The largest absolute Gasteiger partial charge is 0.396 e. The van der Waals surface area contributed by atoms with Crippen molar-refractivity contribution in [2.24, 2.45) is 0 Å². The number of carbonyl (C=O) groups is 1. The molecule has 2 aromatic rings. The molecule has 1 aliphatic carbocycles. The van der Waals surface area contributed by atoms with Crippen LogP contribution in [0, 0.1) is 0 Å². The number of carbonyl (C=O) groups excluding carboxylic acids is 1. The van der Waals surface area contributed by atoms with Crippen molar-refractivity contribution in [2.75, 3.05) is 18.5 Å². The fourth-order valence-electron chi connectivity index (χ4n) is 2.90. The van der Waals surface area contributed by atoms with Gasteiger partial charge in [-0.25, -0.2) is 4.79 Å². The number of anilines is 1. The summed E-state index contributed by atoms with van der Waals surface area (Å²) >= 11 is 0. The predicted octanol–water partition coefficient (Wildman–Crippen LogP) is 2.73. The molecule has 7 heteroatoms. The number of rotatable bonds is 8. The second-order valence-corrected chi connectivity index (χ2v) is 6.27. The number of hydrogen-bond acceptors (Lipinski definition) is 4. The maximum Gasteiger partial charge on any atom is 0.322 e. The zero-order valence-electron chi connectivity index (χ0n) is 14.6. The highest BCUT2D eigenvalue weighted by Gasteiger charge is 2.32. The van der Waals surface area contributed by atoms with Gasteiger partial charge in [0.1, 0.15) is 6.33 Å². The number of benzene rings is 1. The van der Waals surface area contributed by atoms with Crippen LogP contribution in [0.25, 0.3) is 11.4 Å². The van der Waals surface area contributed by atoms with Gasteiger partial charge in [0.2, 0.25) is 0 Å². The molecule has 0 radical (unpaired) electrons. The van der Waals surface area contributed by atoms with Gasteiger partial charge in [-0.3, -0.25) is 0 Å². The molecule has 3 rings (SSSR count). The standard InChI is InChI=1S/C18H25N5O2/c1-2-22-13-19-21-17(22)15-7-3-4-8-16(15)20-18(25)23(14-9-10-14)11-5-6-12-24/h3-4,7-8,13-14,24H,2,5-6,9-12H2,1H3,(H,20,25). The number of amides is 2. The van der Waals surface area contributed by atoms with Crippen molar-refractivity contribution in [3.63, 3.8) is 0 Å². The summed E-state index contributed by atoms with van der Waals surface area (Å²) in [5, 5.41) is 20.2. The lowest BCUT2D eigenvalue weighted by Crippen LogP contribution is -2.37. The van der Waals surface area contributed by atoms with E-state index in [0.29, 0.717) is 19.0 Å². The second kappa shape index (κ2) is 8.11. The number of nitrogens with one attached hydrogen (secondary N) is 1. The summed E-state index contributed by atoms with van der Waals surface area (Å²) in [4.78, 5) is 14.7. The molecule has 134 valence electrons. The van der Waals surface area contributed by atoms with Crippen LogP contribution in [0.15, 0.2) is 30.6 Å². The van der Waals surface area contributed by atoms with E-state index in [0.717, 1.165) is 42.9 Å². The van der Waals surface area contributed by atoms with Gasteiger partial charge in [0.25, 0.3) is 0 Å². The van der Waals surface area contributed by atoms with E-state index < -0.39 is 0 Å². The van der Waals surface area contributed by atoms with Gasteiger partial charge in [-0.05, 0) is 44.7 Å². The molecule has 7 nitrogen and oxygen atoms in total. The summed E-state index contributed by atoms with van der Waals surface area (Å²) in [7, 11) is 0. The number of aromatic nitrogens is 3. The van der Waals surface area contributed by atoms with Crippen LogP contribution in [0.2, 0.25) is 0 Å². The molecule has 0 spiro atoms. The minimum atomic E-state index is -0.0875. The normalized spacial score (nSPS) is 13.7. The van der Waals surface area contributed by atoms with E-state index in [9.17, 15) is 4.79 Å². The van der Waals surface area contributed by atoms with E-state index in [4.69, 9.17) is 5.11 Å². The number of urea groups is 1. The average Bonchev–Trinajstić information content (AvgIpc) is 3.35. The summed E-state index contributed by atoms with van der Waals surface area (Å²) in [5.74, 6) is 0.747. The van der Waals surface area contributed by atoms with Crippen molar-refractivity contribution in [3.05, 3.63) is 30.6 Å². The molecule has 2 N–H and O–H groups in total. The van der Waals surface area contributed by atoms with Gasteiger partial charge >= 0.3 is 6.03 Å². The Morgan fingerprint density at radius 1 is 1.36 bits per heavy atom. The molecule has 0 saturated heterocycles. The van der Waals surface area contributed by atoms with Crippen molar-refractivity contribution in [1.29, 1.82) is 0 Å². The zero-order valence-corrected chi connectivity index (χ0v) is 14.6. The monoisotopic (exact) mass is 343 g/mol. The number of aliphatic hydroxyl groups is 1. The number of unbranched alkanes of at least 4 members (excludes halogenated alkanes) is 1. The third-order valence-electron chi connectivity index (χ3n) is 4.42. The fourth-order valence-corrected chi connectivity index (χ4v) is 2.90. The van der Waals surface area contributed by atoms with Crippen molar-refractivity contribution in [3.8, 4) is 11.4 Å². The molecule has 0 bridgehead atoms. The Morgan fingerprint density at radius 2 is 2.16 bits per heavy atom. The highest BCUT2D eigenvalue weighted by Crippen LogP contribution is 2.30. The smallest absolute Gasteiger partial charge is 0.322 e.